The van der Waals surface area contributed by atoms with Crippen molar-refractivity contribution < 1.29 is 0 Å². The van der Waals surface area contributed by atoms with Crippen molar-refractivity contribution in [1.29, 1.82) is 0 Å². The molecule has 0 fully saturated rings. The molecule has 1 aromatic carbocycles. The highest BCUT2D eigenvalue weighted by atomic mass is 32.2. The Hall–Kier alpha value is -2.15. The van der Waals surface area contributed by atoms with Crippen molar-refractivity contribution in [2.45, 2.75) is 10.1 Å². The third-order valence-electron chi connectivity index (χ3n) is 2.01. The topological polar surface area (TPSA) is 130 Å². The van der Waals surface area contributed by atoms with E-state index in [1.165, 1.54) is 17.8 Å². The van der Waals surface area contributed by atoms with Crippen molar-refractivity contribution >= 4 is 34.8 Å². The number of nitrogen functional groups attached to an aromatic ring is 4. The maximum Gasteiger partial charge on any atom is 0.196 e. The lowest BCUT2D eigenvalue weighted by molar-refractivity contribution is 0.984. The molecular formula is C10H12N6S. The highest BCUT2D eigenvalue weighted by Gasteiger charge is 2.04. The zero-order valence-corrected chi connectivity index (χ0v) is 9.74. The van der Waals surface area contributed by atoms with Crippen LogP contribution in [0.3, 0.4) is 0 Å². The summed E-state index contributed by atoms with van der Waals surface area (Å²) in [7, 11) is 0. The first kappa shape index (κ1) is 11.3. The molecule has 0 saturated carbocycles. The summed E-state index contributed by atoms with van der Waals surface area (Å²) in [4.78, 5) is 8.99. The van der Waals surface area contributed by atoms with Gasteiger partial charge in [-0.25, -0.2) is 9.97 Å². The van der Waals surface area contributed by atoms with Gasteiger partial charge < -0.3 is 22.9 Å². The van der Waals surface area contributed by atoms with Gasteiger partial charge in [0.05, 0.1) is 11.4 Å². The van der Waals surface area contributed by atoms with Crippen molar-refractivity contribution in [3.8, 4) is 0 Å². The second-order valence-corrected chi connectivity index (χ2v) is 4.43. The van der Waals surface area contributed by atoms with Gasteiger partial charge >= 0.3 is 0 Å². The molecule has 17 heavy (non-hydrogen) atoms. The Balaban J connectivity index is 2.28. The molecule has 0 amide bonds. The van der Waals surface area contributed by atoms with Gasteiger partial charge in [0, 0.05) is 11.0 Å². The first-order chi connectivity index (χ1) is 8.04. The molecule has 0 bridgehead atoms. The van der Waals surface area contributed by atoms with Crippen LogP contribution in [0.2, 0.25) is 0 Å². The molecule has 0 aliphatic carbocycles. The fourth-order valence-electron chi connectivity index (χ4n) is 1.23. The number of nitrogens with two attached hydrogens (primary N) is 4. The van der Waals surface area contributed by atoms with E-state index in [4.69, 9.17) is 22.9 Å². The second kappa shape index (κ2) is 4.38. The van der Waals surface area contributed by atoms with Crippen LogP contribution in [0.1, 0.15) is 0 Å². The maximum atomic E-state index is 5.71. The van der Waals surface area contributed by atoms with Crippen LogP contribution in [0, 0.1) is 0 Å². The minimum absolute atomic E-state index is 0.336. The molecule has 1 aromatic heterocycles. The van der Waals surface area contributed by atoms with Crippen molar-refractivity contribution in [1.82, 2.24) is 9.97 Å². The van der Waals surface area contributed by atoms with E-state index in [1.807, 2.05) is 6.07 Å². The fraction of sp³-hybridized carbons (Fsp3) is 0. The normalized spacial score (nSPS) is 10.4. The average Bonchev–Trinajstić information content (AvgIpc) is 2.22. The van der Waals surface area contributed by atoms with E-state index in [2.05, 4.69) is 9.97 Å². The molecule has 0 aliphatic heterocycles. The van der Waals surface area contributed by atoms with E-state index >= 15 is 0 Å². The molecule has 6 nitrogen and oxygen atoms in total. The molecule has 2 aromatic rings. The summed E-state index contributed by atoms with van der Waals surface area (Å²) in [6.45, 7) is 0. The Morgan fingerprint density at radius 3 is 2.06 bits per heavy atom. The number of aromatic nitrogens is 2. The third kappa shape index (κ3) is 2.70. The Labute approximate surface area is 102 Å². The minimum atomic E-state index is 0.336. The minimum Gasteiger partial charge on any atom is -0.397 e. The van der Waals surface area contributed by atoms with E-state index in [9.17, 15) is 0 Å². The van der Waals surface area contributed by atoms with Crippen LogP contribution in [-0.2, 0) is 0 Å². The van der Waals surface area contributed by atoms with E-state index in [-0.39, 0.29) is 0 Å². The van der Waals surface area contributed by atoms with Crippen LogP contribution in [-0.4, -0.2) is 9.97 Å². The molecule has 0 saturated heterocycles. The molecule has 1 heterocycles. The van der Waals surface area contributed by atoms with Crippen LogP contribution >= 0.6 is 11.8 Å². The van der Waals surface area contributed by atoms with Crippen molar-refractivity contribution in [3.63, 3.8) is 0 Å². The van der Waals surface area contributed by atoms with Crippen LogP contribution in [0.25, 0.3) is 0 Å². The maximum absolute atomic E-state index is 5.71. The van der Waals surface area contributed by atoms with Gasteiger partial charge in [-0.15, -0.1) is 0 Å². The molecule has 88 valence electrons. The van der Waals surface area contributed by atoms with Gasteiger partial charge in [0.2, 0.25) is 0 Å². The number of hydrogen-bond donors (Lipinski definition) is 4. The zero-order valence-electron chi connectivity index (χ0n) is 8.92. The number of benzene rings is 1. The summed E-state index contributed by atoms with van der Waals surface area (Å²) >= 11 is 1.32. The first-order valence-electron chi connectivity index (χ1n) is 4.77. The van der Waals surface area contributed by atoms with Gasteiger partial charge in [-0.1, -0.05) is 0 Å². The van der Waals surface area contributed by atoms with Crippen LogP contribution in [0.4, 0.5) is 23.0 Å². The quantitative estimate of drug-likeness (QED) is 0.460. The van der Waals surface area contributed by atoms with Crippen LogP contribution in [0.15, 0.2) is 34.3 Å². The van der Waals surface area contributed by atoms with Crippen LogP contribution < -0.4 is 22.9 Å². The van der Waals surface area contributed by atoms with Crippen molar-refractivity contribution in [3.05, 3.63) is 24.3 Å². The van der Waals surface area contributed by atoms with E-state index in [0.717, 1.165) is 4.90 Å². The van der Waals surface area contributed by atoms with Crippen LogP contribution in [0.5, 0.6) is 0 Å². The lowest BCUT2D eigenvalue weighted by Gasteiger charge is -2.05. The monoisotopic (exact) mass is 248 g/mol. The molecule has 7 heteroatoms. The molecular weight excluding hydrogens is 236 g/mol. The van der Waals surface area contributed by atoms with E-state index in [1.54, 1.807) is 12.1 Å². The second-order valence-electron chi connectivity index (χ2n) is 3.39. The summed E-state index contributed by atoms with van der Waals surface area (Å²) in [6, 6.07) is 6.82. The fourth-order valence-corrected chi connectivity index (χ4v) is 2.06. The van der Waals surface area contributed by atoms with Gasteiger partial charge in [0.1, 0.15) is 11.6 Å². The molecule has 0 aliphatic rings. The van der Waals surface area contributed by atoms with Gasteiger partial charge in [-0.05, 0) is 30.0 Å². The smallest absolute Gasteiger partial charge is 0.196 e. The van der Waals surface area contributed by atoms with Gasteiger partial charge in [0.25, 0.3) is 0 Å². The lowest BCUT2D eigenvalue weighted by Crippen LogP contribution is -1.99. The third-order valence-corrected chi connectivity index (χ3v) is 2.87. The molecule has 0 unspecified atom stereocenters. The highest BCUT2D eigenvalue weighted by Crippen LogP contribution is 2.29. The largest absolute Gasteiger partial charge is 0.397 e. The lowest BCUT2D eigenvalue weighted by atomic mass is 10.3. The Bertz CT molecular complexity index is 536. The Morgan fingerprint density at radius 2 is 1.47 bits per heavy atom. The number of hydrogen-bond acceptors (Lipinski definition) is 7. The average molecular weight is 248 g/mol. The molecule has 0 spiro atoms. The Kier molecular flexibility index (Phi) is 2.92. The molecule has 0 atom stereocenters. The van der Waals surface area contributed by atoms with E-state index < -0.39 is 0 Å². The Morgan fingerprint density at radius 1 is 0.824 bits per heavy atom. The highest BCUT2D eigenvalue weighted by molar-refractivity contribution is 7.99. The van der Waals surface area contributed by atoms with Gasteiger partial charge in [-0.2, -0.15) is 0 Å². The molecule has 8 N–H and O–H groups in total. The summed E-state index contributed by atoms with van der Waals surface area (Å²) < 4.78 is 0. The van der Waals surface area contributed by atoms with Gasteiger partial charge in [0.15, 0.2) is 5.16 Å². The molecule has 0 radical (unpaired) electrons. The summed E-state index contributed by atoms with van der Waals surface area (Å²) in [6.07, 6.45) is 0. The predicted molar refractivity (Wildman–Crippen MR) is 70.2 cm³/mol. The summed E-state index contributed by atoms with van der Waals surface area (Å²) in [5.41, 5.74) is 23.6. The summed E-state index contributed by atoms with van der Waals surface area (Å²) in [5, 5.41) is 0.478. The molecule has 2 rings (SSSR count). The van der Waals surface area contributed by atoms with Crippen molar-refractivity contribution in [2.24, 2.45) is 0 Å². The SMILES string of the molecule is Nc1cc(N)nc(Sc2ccc(N)c(N)c2)n1. The number of nitrogens with zero attached hydrogens (tertiary/aromatic N) is 2. The van der Waals surface area contributed by atoms with Crippen molar-refractivity contribution in [2.75, 3.05) is 22.9 Å². The number of rotatable bonds is 2. The van der Waals surface area contributed by atoms with E-state index in [0.29, 0.717) is 28.2 Å². The standard InChI is InChI=1S/C10H12N6S/c11-6-2-1-5(3-7(6)12)17-10-15-8(13)4-9(14)16-10/h1-4H,11-12H2,(H4,13,14,15,16). The van der Waals surface area contributed by atoms with Gasteiger partial charge in [-0.3, -0.25) is 0 Å². The summed E-state index contributed by atoms with van der Waals surface area (Å²) in [5.74, 6) is 0.673. The first-order valence-corrected chi connectivity index (χ1v) is 5.59. The predicted octanol–water partition coefficient (Wildman–Crippen LogP) is 0.957. The zero-order chi connectivity index (χ0) is 12.4. The number of anilines is 4.